The SMILES string of the molecule is COCCOCCNC(=S)Nc1ccc(CC2CN(CC(=O)O)CCN(CC(=O)O)Cc3cccc(n3)CN2CC(=O)O)cc1. The predicted octanol–water partition coefficient (Wildman–Crippen LogP) is 0.816. The number of pyridine rings is 1. The van der Waals surface area contributed by atoms with Crippen molar-refractivity contribution < 1.29 is 39.2 Å². The number of benzene rings is 1. The number of fused-ring (bicyclic) bond motifs is 2. The molecule has 1 aliphatic rings. The Morgan fingerprint density at radius 1 is 0.889 bits per heavy atom. The molecule has 0 aliphatic carbocycles. The first kappa shape index (κ1) is 35.7. The molecule has 5 N–H and O–H groups in total. The van der Waals surface area contributed by atoms with Crippen LogP contribution in [0.2, 0.25) is 0 Å². The van der Waals surface area contributed by atoms with E-state index in [1.165, 1.54) is 0 Å². The maximum atomic E-state index is 12.0. The number of aromatic nitrogens is 1. The third-order valence-corrected chi connectivity index (χ3v) is 7.28. The molecule has 3 rings (SSSR count). The molecule has 0 radical (unpaired) electrons. The first-order valence-electron chi connectivity index (χ1n) is 14.6. The quantitative estimate of drug-likeness (QED) is 0.136. The maximum absolute atomic E-state index is 12.0. The van der Waals surface area contributed by atoms with Gasteiger partial charge in [0.2, 0.25) is 0 Å². The van der Waals surface area contributed by atoms with Crippen molar-refractivity contribution in [1.82, 2.24) is 25.0 Å². The zero-order valence-corrected chi connectivity index (χ0v) is 26.2. The minimum atomic E-state index is -1.02. The van der Waals surface area contributed by atoms with Crippen LogP contribution in [0, 0.1) is 0 Å². The topological polar surface area (TPSA) is 177 Å². The molecule has 1 unspecified atom stereocenters. The fraction of sp³-hybridized carbons (Fsp3) is 0.500. The van der Waals surface area contributed by atoms with Crippen LogP contribution in [-0.2, 0) is 43.4 Å². The van der Waals surface area contributed by atoms with Crippen molar-refractivity contribution in [2.75, 3.05) is 78.1 Å². The number of hydrogen-bond donors (Lipinski definition) is 5. The molecule has 14 nitrogen and oxygen atoms in total. The Hall–Kier alpha value is -3.73. The first-order chi connectivity index (χ1) is 21.6. The molecule has 2 aromatic rings. The highest BCUT2D eigenvalue weighted by molar-refractivity contribution is 7.80. The Labute approximate surface area is 267 Å². The molecule has 0 fully saturated rings. The van der Waals surface area contributed by atoms with Crippen LogP contribution < -0.4 is 10.6 Å². The number of thiocarbonyl (C=S) groups is 1. The van der Waals surface area contributed by atoms with Crippen LogP contribution in [0.25, 0.3) is 0 Å². The van der Waals surface area contributed by atoms with E-state index in [1.54, 1.807) is 33.9 Å². The van der Waals surface area contributed by atoms with Gasteiger partial charge in [0, 0.05) is 58.1 Å². The molecule has 2 bridgehead atoms. The summed E-state index contributed by atoms with van der Waals surface area (Å²) in [5, 5.41) is 35.6. The van der Waals surface area contributed by atoms with E-state index in [2.05, 4.69) is 10.6 Å². The molecular weight excluding hydrogens is 604 g/mol. The predicted molar refractivity (Wildman–Crippen MR) is 170 cm³/mol. The smallest absolute Gasteiger partial charge is 0.317 e. The van der Waals surface area contributed by atoms with Gasteiger partial charge in [-0.2, -0.15) is 0 Å². The van der Waals surface area contributed by atoms with E-state index in [9.17, 15) is 29.7 Å². The lowest BCUT2D eigenvalue weighted by atomic mass is 10.0. The highest BCUT2D eigenvalue weighted by Gasteiger charge is 2.27. The third-order valence-electron chi connectivity index (χ3n) is 7.04. The summed E-state index contributed by atoms with van der Waals surface area (Å²) in [5.41, 5.74) is 2.98. The van der Waals surface area contributed by atoms with Crippen molar-refractivity contribution in [1.29, 1.82) is 0 Å². The van der Waals surface area contributed by atoms with Gasteiger partial charge in [0.1, 0.15) is 0 Å². The van der Waals surface area contributed by atoms with Gasteiger partial charge in [-0.3, -0.25) is 34.1 Å². The number of nitrogens with one attached hydrogen (secondary N) is 2. The molecule has 0 saturated heterocycles. The largest absolute Gasteiger partial charge is 0.480 e. The second-order valence-electron chi connectivity index (χ2n) is 10.7. The molecule has 2 heterocycles. The van der Waals surface area contributed by atoms with Crippen LogP contribution in [0.4, 0.5) is 5.69 Å². The van der Waals surface area contributed by atoms with E-state index in [-0.39, 0.29) is 45.8 Å². The van der Waals surface area contributed by atoms with Crippen molar-refractivity contribution >= 4 is 40.9 Å². The number of carboxylic acids is 3. The van der Waals surface area contributed by atoms with Gasteiger partial charge in [-0.05, 0) is 48.5 Å². The van der Waals surface area contributed by atoms with Crippen molar-refractivity contribution in [3.05, 3.63) is 59.4 Å². The van der Waals surface area contributed by atoms with Crippen LogP contribution in [0.15, 0.2) is 42.5 Å². The van der Waals surface area contributed by atoms with Crippen LogP contribution in [0.5, 0.6) is 0 Å². The summed E-state index contributed by atoms with van der Waals surface area (Å²) < 4.78 is 10.4. The number of anilines is 1. The van der Waals surface area contributed by atoms with Crippen molar-refractivity contribution in [2.45, 2.75) is 25.6 Å². The second kappa shape index (κ2) is 18.9. The summed E-state index contributed by atoms with van der Waals surface area (Å²) in [4.78, 5) is 45.3. The van der Waals surface area contributed by atoms with E-state index in [1.807, 2.05) is 30.3 Å². The van der Waals surface area contributed by atoms with Crippen LogP contribution >= 0.6 is 12.2 Å². The summed E-state index contributed by atoms with van der Waals surface area (Å²) >= 11 is 5.37. The van der Waals surface area contributed by atoms with E-state index in [0.717, 1.165) is 11.3 Å². The zero-order chi connectivity index (χ0) is 32.6. The highest BCUT2D eigenvalue weighted by Crippen LogP contribution is 2.18. The number of aliphatic carboxylic acids is 3. The van der Waals surface area contributed by atoms with Gasteiger partial charge in [-0.25, -0.2) is 0 Å². The lowest BCUT2D eigenvalue weighted by Gasteiger charge is -2.36. The maximum Gasteiger partial charge on any atom is 0.317 e. The second-order valence-corrected chi connectivity index (χ2v) is 11.1. The molecule has 45 heavy (non-hydrogen) atoms. The van der Waals surface area contributed by atoms with Crippen molar-refractivity contribution in [2.24, 2.45) is 0 Å². The van der Waals surface area contributed by atoms with Gasteiger partial charge in [0.05, 0.1) is 50.8 Å². The van der Waals surface area contributed by atoms with Gasteiger partial charge in [-0.1, -0.05) is 18.2 Å². The monoisotopic (exact) mass is 646 g/mol. The van der Waals surface area contributed by atoms with Gasteiger partial charge >= 0.3 is 17.9 Å². The number of carbonyl (C=O) groups is 3. The Kier molecular flexibility index (Phi) is 15.0. The van der Waals surface area contributed by atoms with Crippen molar-refractivity contribution in [3.8, 4) is 0 Å². The summed E-state index contributed by atoms with van der Waals surface area (Å²) in [6.07, 6.45) is 0.434. The molecule has 0 saturated carbocycles. The number of nitrogens with zero attached hydrogens (tertiary/aromatic N) is 4. The average Bonchev–Trinajstić information content (AvgIpc) is 2.97. The summed E-state index contributed by atoms with van der Waals surface area (Å²) in [6.45, 7) is 2.61. The number of rotatable bonds is 15. The van der Waals surface area contributed by atoms with Crippen molar-refractivity contribution in [3.63, 3.8) is 0 Å². The minimum absolute atomic E-state index is 0.219. The summed E-state index contributed by atoms with van der Waals surface area (Å²) in [7, 11) is 1.61. The molecule has 1 atom stereocenters. The van der Waals surface area contributed by atoms with Gasteiger partial charge in [0.25, 0.3) is 0 Å². The number of methoxy groups -OCH3 is 1. The molecule has 0 spiro atoms. The van der Waals surface area contributed by atoms with Gasteiger partial charge < -0.3 is 35.4 Å². The van der Waals surface area contributed by atoms with E-state index < -0.39 is 23.9 Å². The number of hydrogen-bond acceptors (Lipinski definition) is 10. The van der Waals surface area contributed by atoms with E-state index >= 15 is 0 Å². The average molecular weight is 647 g/mol. The first-order valence-corrected chi connectivity index (χ1v) is 15.0. The fourth-order valence-electron chi connectivity index (χ4n) is 5.00. The lowest BCUT2D eigenvalue weighted by molar-refractivity contribution is -0.141. The number of ether oxygens (including phenoxy) is 2. The fourth-order valence-corrected chi connectivity index (χ4v) is 5.22. The van der Waals surface area contributed by atoms with Gasteiger partial charge in [-0.15, -0.1) is 0 Å². The number of carboxylic acid groups (broad SMARTS) is 3. The van der Waals surface area contributed by atoms with E-state index in [4.69, 9.17) is 26.7 Å². The zero-order valence-electron chi connectivity index (χ0n) is 25.4. The Morgan fingerprint density at radius 3 is 2.20 bits per heavy atom. The summed E-state index contributed by atoms with van der Waals surface area (Å²) in [6, 6.07) is 12.6. The highest BCUT2D eigenvalue weighted by atomic mass is 32.1. The molecule has 246 valence electrons. The normalized spacial score (nSPS) is 16.7. The molecular formula is C30H42N6O8S. The molecule has 0 amide bonds. The van der Waals surface area contributed by atoms with Crippen LogP contribution in [-0.4, -0.2) is 137 Å². The van der Waals surface area contributed by atoms with E-state index in [0.29, 0.717) is 55.8 Å². The van der Waals surface area contributed by atoms with Crippen LogP contribution in [0.1, 0.15) is 17.0 Å². The third kappa shape index (κ3) is 13.8. The van der Waals surface area contributed by atoms with Crippen LogP contribution in [0.3, 0.4) is 0 Å². The Balaban J connectivity index is 1.79. The van der Waals surface area contributed by atoms with Gasteiger partial charge in [0.15, 0.2) is 5.11 Å². The Morgan fingerprint density at radius 2 is 1.53 bits per heavy atom. The standard InChI is InChI=1S/C30H42N6O8S/c1-43-13-14-44-12-9-31-30(45)33-23-7-5-22(6-8-23)15-26-18-35(20-28(39)40)11-10-34(19-27(37)38)16-24-3-2-4-25(32-24)17-36(26)21-29(41)42/h2-8,26H,9-21H2,1H3,(H,37,38)(H,39,40)(H,41,42)(H2,31,33,45). The molecule has 1 aliphatic heterocycles. The molecule has 1 aromatic heterocycles. The minimum Gasteiger partial charge on any atom is -0.480 e. The summed E-state index contributed by atoms with van der Waals surface area (Å²) in [5.74, 6) is -3.02. The lowest BCUT2D eigenvalue weighted by Crippen LogP contribution is -2.50. The Bertz CT molecular complexity index is 1270. The molecule has 1 aromatic carbocycles. The molecule has 15 heteroatoms.